The summed E-state index contributed by atoms with van der Waals surface area (Å²) in [7, 11) is 1.61. The van der Waals surface area contributed by atoms with Crippen molar-refractivity contribution in [1.29, 1.82) is 5.26 Å². The first-order valence-electron chi connectivity index (χ1n) is 5.82. The molecule has 0 aliphatic heterocycles. The van der Waals surface area contributed by atoms with E-state index < -0.39 is 0 Å². The first-order valence-corrected chi connectivity index (χ1v) is 5.82. The minimum Gasteiger partial charge on any atom is -0.497 e. The minimum atomic E-state index is 0.400. The Kier molecular flexibility index (Phi) is 4.01. The number of hydrogen-bond acceptors (Lipinski definition) is 4. The SMILES string of the molecule is COc1ccc(Oc2ccc(CN)cc2C#N)cc1. The van der Waals surface area contributed by atoms with Crippen LogP contribution >= 0.6 is 0 Å². The summed E-state index contributed by atoms with van der Waals surface area (Å²) >= 11 is 0. The molecule has 0 fully saturated rings. The molecule has 0 radical (unpaired) electrons. The average molecular weight is 254 g/mol. The summed E-state index contributed by atoms with van der Waals surface area (Å²) in [5, 5.41) is 9.11. The smallest absolute Gasteiger partial charge is 0.145 e. The topological polar surface area (TPSA) is 68.3 Å². The van der Waals surface area contributed by atoms with E-state index in [1.54, 1.807) is 43.5 Å². The van der Waals surface area contributed by atoms with Gasteiger partial charge in [-0.15, -0.1) is 0 Å². The number of methoxy groups -OCH3 is 1. The quantitative estimate of drug-likeness (QED) is 0.910. The number of nitrogens with zero attached hydrogens (tertiary/aromatic N) is 1. The summed E-state index contributed by atoms with van der Waals surface area (Å²) < 4.78 is 10.8. The van der Waals surface area contributed by atoms with E-state index in [-0.39, 0.29) is 0 Å². The van der Waals surface area contributed by atoms with Gasteiger partial charge in [0.05, 0.1) is 12.7 Å². The van der Waals surface area contributed by atoms with Crippen molar-refractivity contribution in [3.8, 4) is 23.3 Å². The van der Waals surface area contributed by atoms with Gasteiger partial charge in [0.25, 0.3) is 0 Å². The lowest BCUT2D eigenvalue weighted by Gasteiger charge is -2.09. The highest BCUT2D eigenvalue weighted by Gasteiger charge is 2.06. The number of hydrogen-bond donors (Lipinski definition) is 1. The molecule has 0 amide bonds. The van der Waals surface area contributed by atoms with E-state index in [0.717, 1.165) is 11.3 Å². The molecule has 2 N–H and O–H groups in total. The average Bonchev–Trinajstić information content (AvgIpc) is 2.48. The van der Waals surface area contributed by atoms with Crippen molar-refractivity contribution in [3.63, 3.8) is 0 Å². The molecule has 96 valence electrons. The van der Waals surface area contributed by atoms with Gasteiger partial charge in [0.15, 0.2) is 0 Å². The maximum absolute atomic E-state index is 9.11. The predicted molar refractivity (Wildman–Crippen MR) is 72.1 cm³/mol. The van der Waals surface area contributed by atoms with Gasteiger partial charge in [0, 0.05) is 6.54 Å². The molecule has 0 aliphatic rings. The maximum Gasteiger partial charge on any atom is 0.145 e. The Morgan fingerprint density at radius 3 is 2.37 bits per heavy atom. The molecular formula is C15H14N2O2. The van der Waals surface area contributed by atoms with E-state index in [9.17, 15) is 0 Å². The van der Waals surface area contributed by atoms with Crippen molar-refractivity contribution < 1.29 is 9.47 Å². The summed E-state index contributed by atoms with van der Waals surface area (Å²) in [5.74, 6) is 1.93. The van der Waals surface area contributed by atoms with Crippen LogP contribution in [0.4, 0.5) is 0 Å². The Morgan fingerprint density at radius 1 is 1.11 bits per heavy atom. The lowest BCUT2D eigenvalue weighted by molar-refractivity contribution is 0.413. The molecule has 0 unspecified atom stereocenters. The van der Waals surface area contributed by atoms with Crippen molar-refractivity contribution in [3.05, 3.63) is 53.6 Å². The Morgan fingerprint density at radius 2 is 1.79 bits per heavy atom. The standard InChI is InChI=1S/C15H14N2O2/c1-18-13-3-5-14(6-4-13)19-15-7-2-11(9-16)8-12(15)10-17/h2-8H,9,16H2,1H3. The molecule has 19 heavy (non-hydrogen) atoms. The summed E-state index contributed by atoms with van der Waals surface area (Å²) in [6, 6.07) is 14.6. The number of benzene rings is 2. The molecule has 0 heterocycles. The fraction of sp³-hybridized carbons (Fsp3) is 0.133. The third kappa shape index (κ3) is 3.03. The molecule has 0 spiro atoms. The zero-order valence-electron chi connectivity index (χ0n) is 10.6. The van der Waals surface area contributed by atoms with E-state index in [4.69, 9.17) is 20.5 Å². The van der Waals surface area contributed by atoms with Gasteiger partial charge in [0.2, 0.25) is 0 Å². The van der Waals surface area contributed by atoms with Gasteiger partial charge in [-0.05, 0) is 42.0 Å². The van der Waals surface area contributed by atoms with E-state index in [2.05, 4.69) is 6.07 Å². The second kappa shape index (κ2) is 5.89. The van der Waals surface area contributed by atoms with Crippen LogP contribution in [0.25, 0.3) is 0 Å². The number of nitrogens with two attached hydrogens (primary N) is 1. The van der Waals surface area contributed by atoms with Crippen molar-refractivity contribution in [1.82, 2.24) is 0 Å². The second-order valence-electron chi connectivity index (χ2n) is 3.92. The van der Waals surface area contributed by atoms with E-state index in [0.29, 0.717) is 23.6 Å². The highest BCUT2D eigenvalue weighted by atomic mass is 16.5. The molecule has 0 bridgehead atoms. The first kappa shape index (κ1) is 12.9. The van der Waals surface area contributed by atoms with Crippen LogP contribution in [0, 0.1) is 11.3 Å². The van der Waals surface area contributed by atoms with Crippen LogP contribution in [0.15, 0.2) is 42.5 Å². The van der Waals surface area contributed by atoms with E-state index in [1.807, 2.05) is 6.07 Å². The molecule has 2 aromatic carbocycles. The first-order chi connectivity index (χ1) is 9.26. The van der Waals surface area contributed by atoms with Gasteiger partial charge in [-0.1, -0.05) is 6.07 Å². The van der Waals surface area contributed by atoms with Gasteiger partial charge in [-0.2, -0.15) is 5.26 Å². The summed E-state index contributed by atoms with van der Waals surface area (Å²) in [4.78, 5) is 0. The van der Waals surface area contributed by atoms with Crippen LogP contribution in [0.2, 0.25) is 0 Å². The lowest BCUT2D eigenvalue weighted by atomic mass is 10.1. The van der Waals surface area contributed by atoms with E-state index in [1.165, 1.54) is 0 Å². The molecule has 0 aromatic heterocycles. The van der Waals surface area contributed by atoms with Gasteiger partial charge in [0.1, 0.15) is 23.3 Å². The summed E-state index contributed by atoms with van der Waals surface area (Å²) in [5.41, 5.74) is 6.92. The second-order valence-corrected chi connectivity index (χ2v) is 3.92. The Hall–Kier alpha value is -2.51. The Labute approximate surface area is 112 Å². The van der Waals surface area contributed by atoms with Crippen LogP contribution in [0.5, 0.6) is 17.2 Å². The molecule has 2 aromatic rings. The van der Waals surface area contributed by atoms with Gasteiger partial charge >= 0.3 is 0 Å². The molecule has 0 atom stereocenters. The van der Waals surface area contributed by atoms with Crippen LogP contribution in [-0.4, -0.2) is 7.11 Å². The summed E-state index contributed by atoms with van der Waals surface area (Å²) in [6.07, 6.45) is 0. The highest BCUT2D eigenvalue weighted by molar-refractivity contribution is 5.47. The lowest BCUT2D eigenvalue weighted by Crippen LogP contribution is -1.97. The zero-order chi connectivity index (χ0) is 13.7. The van der Waals surface area contributed by atoms with Crippen LogP contribution < -0.4 is 15.2 Å². The monoisotopic (exact) mass is 254 g/mol. The van der Waals surface area contributed by atoms with Crippen LogP contribution in [-0.2, 0) is 6.54 Å². The molecule has 2 rings (SSSR count). The van der Waals surface area contributed by atoms with Crippen molar-refractivity contribution in [2.24, 2.45) is 5.73 Å². The number of rotatable bonds is 4. The fourth-order valence-corrected chi connectivity index (χ4v) is 1.65. The fourth-order valence-electron chi connectivity index (χ4n) is 1.65. The molecule has 0 saturated carbocycles. The maximum atomic E-state index is 9.11. The third-order valence-corrected chi connectivity index (χ3v) is 2.69. The number of nitriles is 1. The van der Waals surface area contributed by atoms with Gasteiger partial charge in [-0.3, -0.25) is 0 Å². The van der Waals surface area contributed by atoms with Gasteiger partial charge in [-0.25, -0.2) is 0 Å². The Balaban J connectivity index is 2.25. The molecule has 4 heteroatoms. The highest BCUT2D eigenvalue weighted by Crippen LogP contribution is 2.27. The van der Waals surface area contributed by atoms with Crippen molar-refractivity contribution in [2.45, 2.75) is 6.54 Å². The minimum absolute atomic E-state index is 0.400. The van der Waals surface area contributed by atoms with Crippen LogP contribution in [0.3, 0.4) is 0 Å². The molecular weight excluding hydrogens is 240 g/mol. The third-order valence-electron chi connectivity index (χ3n) is 2.69. The van der Waals surface area contributed by atoms with Gasteiger partial charge < -0.3 is 15.2 Å². The molecule has 0 saturated heterocycles. The number of ether oxygens (including phenoxy) is 2. The van der Waals surface area contributed by atoms with Crippen LogP contribution in [0.1, 0.15) is 11.1 Å². The normalized spacial score (nSPS) is 9.74. The van der Waals surface area contributed by atoms with Crippen molar-refractivity contribution in [2.75, 3.05) is 7.11 Å². The molecule has 0 aliphatic carbocycles. The largest absolute Gasteiger partial charge is 0.497 e. The zero-order valence-corrected chi connectivity index (χ0v) is 10.6. The Bertz CT molecular complexity index is 601. The predicted octanol–water partition coefficient (Wildman–Crippen LogP) is 2.82. The van der Waals surface area contributed by atoms with Crippen molar-refractivity contribution >= 4 is 0 Å². The molecule has 4 nitrogen and oxygen atoms in total. The van der Waals surface area contributed by atoms with E-state index >= 15 is 0 Å². The summed E-state index contributed by atoms with van der Waals surface area (Å²) in [6.45, 7) is 0.400.